The van der Waals surface area contributed by atoms with E-state index in [0.29, 0.717) is 24.9 Å². The van der Waals surface area contributed by atoms with E-state index in [1.165, 1.54) is 18.2 Å². The molecule has 0 saturated heterocycles. The zero-order valence-corrected chi connectivity index (χ0v) is 14.9. The van der Waals surface area contributed by atoms with E-state index in [-0.39, 0.29) is 23.3 Å². The number of ketones is 1. The molecule has 0 aliphatic rings. The molecule has 0 radical (unpaired) electrons. The van der Waals surface area contributed by atoms with E-state index in [1.54, 1.807) is 20.8 Å². The number of hydrogen-bond acceptors (Lipinski definition) is 6. The smallest absolute Gasteiger partial charge is 0.336 e. The molecule has 1 aromatic rings. The maximum atomic E-state index is 12.2. The van der Waals surface area contributed by atoms with Crippen molar-refractivity contribution < 1.29 is 24.2 Å². The number of nitrogens with two attached hydrogens (primary N) is 2. The van der Waals surface area contributed by atoms with Gasteiger partial charge in [-0.2, -0.15) is 0 Å². The van der Waals surface area contributed by atoms with Crippen LogP contribution in [0, 0.1) is 0 Å². The van der Waals surface area contributed by atoms with Gasteiger partial charge >= 0.3 is 11.9 Å². The number of unbranched alkanes of at least 4 members (excludes halogenated alkanes) is 1. The predicted octanol–water partition coefficient (Wildman–Crippen LogP) is 2.38. The van der Waals surface area contributed by atoms with E-state index < -0.39 is 23.6 Å². The van der Waals surface area contributed by atoms with Gasteiger partial charge in [-0.25, -0.2) is 4.79 Å². The van der Waals surface area contributed by atoms with E-state index in [0.717, 1.165) is 0 Å². The van der Waals surface area contributed by atoms with Crippen LogP contribution in [0.25, 0.3) is 0 Å². The fourth-order valence-electron chi connectivity index (χ4n) is 2.26. The Kier molecular flexibility index (Phi) is 7.11. The van der Waals surface area contributed by atoms with Crippen LogP contribution in [0.15, 0.2) is 18.2 Å². The Hall–Kier alpha value is -2.41. The van der Waals surface area contributed by atoms with Crippen molar-refractivity contribution >= 4 is 23.4 Å². The summed E-state index contributed by atoms with van der Waals surface area (Å²) in [4.78, 5) is 35.2. The molecule has 0 fully saturated rings. The average Bonchev–Trinajstić information content (AvgIpc) is 2.48. The van der Waals surface area contributed by atoms with Gasteiger partial charge in [-0.1, -0.05) is 6.42 Å². The molecular weight excluding hydrogens is 324 g/mol. The summed E-state index contributed by atoms with van der Waals surface area (Å²) in [6.07, 6.45) is 1.59. The number of benzene rings is 1. The molecule has 0 amide bonds. The van der Waals surface area contributed by atoms with Crippen LogP contribution in [0.2, 0.25) is 0 Å². The first-order valence-corrected chi connectivity index (χ1v) is 8.15. The molecule has 0 aliphatic heterocycles. The molecule has 1 atom stereocenters. The fraction of sp³-hybridized carbons (Fsp3) is 0.500. The second-order valence-corrected chi connectivity index (χ2v) is 6.92. The second-order valence-electron chi connectivity index (χ2n) is 6.92. The number of carboxylic acids is 1. The molecule has 7 nitrogen and oxygen atoms in total. The first kappa shape index (κ1) is 20.6. The van der Waals surface area contributed by atoms with Gasteiger partial charge in [-0.15, -0.1) is 0 Å². The number of anilines is 1. The summed E-state index contributed by atoms with van der Waals surface area (Å²) in [6.45, 7) is 5.30. The highest BCUT2D eigenvalue weighted by Crippen LogP contribution is 2.18. The number of aromatic carboxylic acids is 1. The Balaban J connectivity index is 2.52. The monoisotopic (exact) mass is 350 g/mol. The van der Waals surface area contributed by atoms with Gasteiger partial charge in [0.15, 0.2) is 5.78 Å². The van der Waals surface area contributed by atoms with Crippen LogP contribution in [-0.2, 0) is 9.53 Å². The summed E-state index contributed by atoms with van der Waals surface area (Å²) in [6, 6.07) is 3.40. The van der Waals surface area contributed by atoms with Crippen molar-refractivity contribution in [2.45, 2.75) is 58.1 Å². The van der Waals surface area contributed by atoms with Gasteiger partial charge < -0.3 is 21.3 Å². The lowest BCUT2D eigenvalue weighted by molar-refractivity contribution is -0.156. The highest BCUT2D eigenvalue weighted by atomic mass is 16.6. The molecule has 0 aliphatic carbocycles. The summed E-state index contributed by atoms with van der Waals surface area (Å²) in [5.41, 5.74) is 11.2. The molecule has 0 bridgehead atoms. The number of hydrogen-bond donors (Lipinski definition) is 3. The van der Waals surface area contributed by atoms with Crippen LogP contribution in [0.3, 0.4) is 0 Å². The van der Waals surface area contributed by atoms with Gasteiger partial charge in [0, 0.05) is 17.7 Å². The summed E-state index contributed by atoms with van der Waals surface area (Å²) >= 11 is 0. The van der Waals surface area contributed by atoms with Crippen molar-refractivity contribution in [2.75, 3.05) is 5.73 Å². The maximum absolute atomic E-state index is 12.2. The molecule has 0 heterocycles. The van der Waals surface area contributed by atoms with Gasteiger partial charge in [-0.05, 0) is 51.8 Å². The summed E-state index contributed by atoms with van der Waals surface area (Å²) in [5, 5.41) is 9.14. The molecule has 0 aromatic heterocycles. The van der Waals surface area contributed by atoms with Gasteiger partial charge in [0.25, 0.3) is 0 Å². The van der Waals surface area contributed by atoms with Crippen molar-refractivity contribution in [3.8, 4) is 0 Å². The molecule has 138 valence electrons. The second kappa shape index (κ2) is 8.62. The van der Waals surface area contributed by atoms with Crippen LogP contribution in [-0.4, -0.2) is 34.5 Å². The number of carbonyl (C=O) groups excluding carboxylic acids is 2. The minimum Gasteiger partial charge on any atom is -0.478 e. The molecule has 0 spiro atoms. The van der Waals surface area contributed by atoms with Gasteiger partial charge in [0.2, 0.25) is 0 Å². The van der Waals surface area contributed by atoms with Crippen molar-refractivity contribution in [1.82, 2.24) is 0 Å². The first-order valence-electron chi connectivity index (χ1n) is 8.15. The van der Waals surface area contributed by atoms with Crippen LogP contribution >= 0.6 is 0 Å². The largest absolute Gasteiger partial charge is 0.478 e. The first-order chi connectivity index (χ1) is 11.5. The predicted molar refractivity (Wildman–Crippen MR) is 94.4 cm³/mol. The van der Waals surface area contributed by atoms with E-state index in [9.17, 15) is 14.4 Å². The minimum atomic E-state index is -1.17. The van der Waals surface area contributed by atoms with Crippen molar-refractivity contribution in [2.24, 2.45) is 5.73 Å². The molecule has 0 saturated carbocycles. The lowest BCUT2D eigenvalue weighted by Crippen LogP contribution is -2.37. The standard InChI is InChI=1S/C18H26N2O5/c1-18(2,3)25-17(24)14(20)6-4-5-7-15(21)13-10-11(19)8-9-12(13)16(22)23/h8-10,14H,4-7,19-20H2,1-3H3,(H,22,23). The highest BCUT2D eigenvalue weighted by molar-refractivity contribution is 6.06. The van der Waals surface area contributed by atoms with Crippen LogP contribution in [0.1, 0.15) is 67.2 Å². The molecule has 25 heavy (non-hydrogen) atoms. The summed E-state index contributed by atoms with van der Waals surface area (Å²) in [5.74, 6) is -1.94. The lowest BCUT2D eigenvalue weighted by atomic mass is 9.98. The number of nitrogen functional groups attached to an aromatic ring is 1. The van der Waals surface area contributed by atoms with E-state index in [4.69, 9.17) is 21.3 Å². The van der Waals surface area contributed by atoms with Crippen LogP contribution < -0.4 is 11.5 Å². The van der Waals surface area contributed by atoms with E-state index in [2.05, 4.69) is 0 Å². The quantitative estimate of drug-likeness (QED) is 0.284. The van der Waals surface area contributed by atoms with Crippen LogP contribution in [0.5, 0.6) is 0 Å². The Morgan fingerprint density at radius 1 is 1.16 bits per heavy atom. The van der Waals surface area contributed by atoms with Crippen molar-refractivity contribution in [3.05, 3.63) is 29.3 Å². The molecule has 1 unspecified atom stereocenters. The van der Waals surface area contributed by atoms with E-state index in [1.807, 2.05) is 0 Å². The third kappa shape index (κ3) is 6.93. The molecule has 7 heteroatoms. The lowest BCUT2D eigenvalue weighted by Gasteiger charge is -2.22. The number of carbonyl (C=O) groups is 3. The number of rotatable bonds is 8. The number of Topliss-reactive ketones (excluding diaryl/α,β-unsaturated/α-hetero) is 1. The zero-order valence-electron chi connectivity index (χ0n) is 14.9. The normalized spacial score (nSPS) is 12.5. The Labute approximate surface area is 147 Å². The van der Waals surface area contributed by atoms with Crippen molar-refractivity contribution in [3.63, 3.8) is 0 Å². The Bertz CT molecular complexity index is 649. The molecular formula is C18H26N2O5. The van der Waals surface area contributed by atoms with Crippen LogP contribution in [0.4, 0.5) is 5.69 Å². The topological polar surface area (TPSA) is 133 Å². The number of esters is 1. The molecule has 1 aromatic carbocycles. The maximum Gasteiger partial charge on any atom is 0.336 e. The van der Waals surface area contributed by atoms with Gasteiger partial charge in [-0.3, -0.25) is 9.59 Å². The van der Waals surface area contributed by atoms with Crippen molar-refractivity contribution in [1.29, 1.82) is 0 Å². The Morgan fingerprint density at radius 3 is 2.36 bits per heavy atom. The highest BCUT2D eigenvalue weighted by Gasteiger charge is 2.22. The fourth-order valence-corrected chi connectivity index (χ4v) is 2.26. The van der Waals surface area contributed by atoms with Gasteiger partial charge in [0.05, 0.1) is 5.56 Å². The third-order valence-electron chi connectivity index (χ3n) is 3.45. The molecule has 1 rings (SSSR count). The summed E-state index contributed by atoms with van der Waals surface area (Å²) < 4.78 is 5.19. The summed E-state index contributed by atoms with van der Waals surface area (Å²) in [7, 11) is 0. The molecule has 5 N–H and O–H groups in total. The Morgan fingerprint density at radius 2 is 1.80 bits per heavy atom. The number of carboxylic acid groups (broad SMARTS) is 1. The third-order valence-corrected chi connectivity index (χ3v) is 3.45. The van der Waals surface area contributed by atoms with Gasteiger partial charge in [0.1, 0.15) is 11.6 Å². The zero-order chi connectivity index (χ0) is 19.2. The number of ether oxygens (including phenoxy) is 1. The van der Waals surface area contributed by atoms with E-state index >= 15 is 0 Å². The minimum absolute atomic E-state index is 0.0651. The average molecular weight is 350 g/mol. The SMILES string of the molecule is CC(C)(C)OC(=O)C(N)CCCCC(=O)c1cc(N)ccc1C(=O)O.